The number of fused-ring (bicyclic) bond motifs is 2. The Bertz CT molecular complexity index is 967. The van der Waals surface area contributed by atoms with Crippen molar-refractivity contribution in [2.24, 2.45) is 0 Å². The van der Waals surface area contributed by atoms with E-state index in [1.165, 1.54) is 36.8 Å². The smallest absolute Gasteiger partial charge is 0.253 e. The molecule has 6 fully saturated rings. The molecule has 32 heavy (non-hydrogen) atoms. The molecule has 1 N–H and O–H groups in total. The summed E-state index contributed by atoms with van der Waals surface area (Å²) in [6.07, 6.45) is 7.36. The van der Waals surface area contributed by atoms with Gasteiger partial charge in [0.15, 0.2) is 0 Å². The maximum atomic E-state index is 12.9. The fourth-order valence-corrected chi connectivity index (χ4v) is 6.75. The standard InChI is InChI=1S/C27H33N3O2/c1-32-21-6-4-5-20(17-21)26(30-24-13-11-22-25(30)14-12-23(24)28-22)18-7-9-19(10-8-18)27(31)29-15-2-3-16-29/h4-10,17,22-26,28H,2-3,11-16H2,1H3. The number of piperazine rings is 1. The minimum Gasteiger partial charge on any atom is -0.497 e. The minimum absolute atomic E-state index is 0.173. The molecule has 5 nitrogen and oxygen atoms in total. The Morgan fingerprint density at radius 2 is 1.62 bits per heavy atom. The molecule has 0 aliphatic carbocycles. The zero-order valence-electron chi connectivity index (χ0n) is 18.9. The van der Waals surface area contributed by atoms with Crippen molar-refractivity contribution in [3.8, 4) is 5.75 Å². The lowest BCUT2D eigenvalue weighted by molar-refractivity contribution is -0.0756. The molecule has 2 aromatic carbocycles. The second kappa shape index (κ2) is 8.20. The van der Waals surface area contributed by atoms with Gasteiger partial charge < -0.3 is 15.0 Å². The number of hydrogen-bond donors (Lipinski definition) is 1. The molecule has 0 saturated carbocycles. The van der Waals surface area contributed by atoms with E-state index < -0.39 is 0 Å². The molecule has 168 valence electrons. The average molecular weight is 432 g/mol. The number of hydrogen-bond acceptors (Lipinski definition) is 4. The van der Waals surface area contributed by atoms with Crippen LogP contribution < -0.4 is 10.1 Å². The third-order valence-corrected chi connectivity index (χ3v) is 8.24. The molecule has 5 unspecified atom stereocenters. The molecule has 0 radical (unpaired) electrons. The Morgan fingerprint density at radius 1 is 0.938 bits per heavy atom. The minimum atomic E-state index is 0.173. The van der Waals surface area contributed by atoms with Crippen LogP contribution in [0.25, 0.3) is 0 Å². The van der Waals surface area contributed by atoms with Gasteiger partial charge in [-0.05, 0) is 73.9 Å². The molecule has 5 heteroatoms. The van der Waals surface area contributed by atoms with E-state index in [1.54, 1.807) is 7.11 Å². The number of nitrogens with zero attached hydrogens (tertiary/aromatic N) is 2. The zero-order valence-corrected chi connectivity index (χ0v) is 18.9. The van der Waals surface area contributed by atoms with E-state index in [9.17, 15) is 4.79 Å². The number of benzene rings is 2. The lowest BCUT2D eigenvalue weighted by Gasteiger charge is -2.62. The van der Waals surface area contributed by atoms with Crippen molar-refractivity contribution in [1.82, 2.24) is 15.1 Å². The van der Waals surface area contributed by atoms with Gasteiger partial charge in [-0.2, -0.15) is 0 Å². The van der Waals surface area contributed by atoms with Gasteiger partial charge in [0.05, 0.1) is 13.2 Å². The first-order chi connectivity index (χ1) is 15.7. The lowest BCUT2D eigenvalue weighted by atomic mass is 9.71. The normalized spacial score (nSPS) is 30.0. The number of carbonyl (C=O) groups excluding carboxylic acids is 1. The highest BCUT2D eigenvalue weighted by Crippen LogP contribution is 2.46. The van der Waals surface area contributed by atoms with Gasteiger partial charge in [-0.15, -0.1) is 0 Å². The van der Waals surface area contributed by atoms with Crippen LogP contribution in [0, 0.1) is 0 Å². The SMILES string of the molecule is COc1cccc(C(c2ccc(C(=O)N3CCCC3)cc2)N2C3CCC4NC3CCC42)c1. The number of methoxy groups -OCH3 is 1. The van der Waals surface area contributed by atoms with Crippen LogP contribution in [0.2, 0.25) is 0 Å². The summed E-state index contributed by atoms with van der Waals surface area (Å²) in [4.78, 5) is 17.7. The molecule has 0 spiro atoms. The molecule has 8 rings (SSSR count). The number of carbonyl (C=O) groups is 1. The van der Waals surface area contributed by atoms with Crippen molar-refractivity contribution in [3.05, 3.63) is 65.2 Å². The van der Waals surface area contributed by atoms with Gasteiger partial charge in [0, 0.05) is 42.8 Å². The van der Waals surface area contributed by atoms with Crippen molar-refractivity contribution in [2.45, 2.75) is 68.7 Å². The van der Waals surface area contributed by atoms with Crippen LogP contribution in [-0.4, -0.2) is 60.1 Å². The van der Waals surface area contributed by atoms with Gasteiger partial charge in [-0.3, -0.25) is 9.69 Å². The molecule has 6 aliphatic heterocycles. The largest absolute Gasteiger partial charge is 0.497 e. The summed E-state index contributed by atoms with van der Waals surface area (Å²) in [6, 6.07) is 19.5. The summed E-state index contributed by atoms with van der Waals surface area (Å²) in [5, 5.41) is 3.90. The molecular weight excluding hydrogens is 398 g/mol. The van der Waals surface area contributed by atoms with E-state index >= 15 is 0 Å². The highest BCUT2D eigenvalue weighted by atomic mass is 16.5. The lowest BCUT2D eigenvalue weighted by Crippen LogP contribution is -2.74. The summed E-state index contributed by atoms with van der Waals surface area (Å²) >= 11 is 0. The predicted octanol–water partition coefficient (Wildman–Crippen LogP) is 3.99. The van der Waals surface area contributed by atoms with Crippen LogP contribution in [0.3, 0.4) is 0 Å². The zero-order chi connectivity index (χ0) is 21.7. The summed E-state index contributed by atoms with van der Waals surface area (Å²) in [7, 11) is 1.74. The third kappa shape index (κ3) is 3.34. The van der Waals surface area contributed by atoms with Crippen molar-refractivity contribution < 1.29 is 9.53 Å². The Kier molecular flexibility index (Phi) is 5.19. The topological polar surface area (TPSA) is 44.8 Å². The maximum Gasteiger partial charge on any atom is 0.253 e. The number of nitrogens with one attached hydrogen (secondary N) is 1. The Balaban J connectivity index is 1.37. The molecule has 5 atom stereocenters. The summed E-state index contributed by atoms with van der Waals surface area (Å²) in [5.41, 5.74) is 3.36. The van der Waals surface area contributed by atoms with Crippen molar-refractivity contribution in [2.75, 3.05) is 20.2 Å². The summed E-state index contributed by atoms with van der Waals surface area (Å²) in [5.74, 6) is 1.08. The van der Waals surface area contributed by atoms with Crippen LogP contribution in [-0.2, 0) is 0 Å². The van der Waals surface area contributed by atoms with Gasteiger partial charge >= 0.3 is 0 Å². The van der Waals surface area contributed by atoms with Gasteiger partial charge in [-0.1, -0.05) is 24.3 Å². The Morgan fingerprint density at radius 3 is 2.28 bits per heavy atom. The summed E-state index contributed by atoms with van der Waals surface area (Å²) < 4.78 is 5.58. The van der Waals surface area contributed by atoms with E-state index in [2.05, 4.69) is 40.5 Å². The molecule has 2 aromatic rings. The first-order valence-electron chi connectivity index (χ1n) is 12.3. The molecular formula is C27H33N3O2. The first kappa shape index (κ1) is 20.3. The molecule has 1 amide bonds. The molecule has 6 saturated heterocycles. The van der Waals surface area contributed by atoms with E-state index in [0.717, 1.165) is 37.2 Å². The predicted molar refractivity (Wildman–Crippen MR) is 125 cm³/mol. The van der Waals surface area contributed by atoms with Crippen molar-refractivity contribution in [3.63, 3.8) is 0 Å². The fourth-order valence-electron chi connectivity index (χ4n) is 6.75. The number of likely N-dealkylation sites (tertiary alicyclic amines) is 1. The number of piperidine rings is 4. The van der Waals surface area contributed by atoms with E-state index in [4.69, 9.17) is 4.74 Å². The van der Waals surface area contributed by atoms with Crippen LogP contribution >= 0.6 is 0 Å². The third-order valence-electron chi connectivity index (χ3n) is 8.24. The molecule has 6 aliphatic rings. The maximum absolute atomic E-state index is 12.9. The number of ether oxygens (including phenoxy) is 1. The Hall–Kier alpha value is -2.37. The number of amides is 1. The first-order valence-corrected chi connectivity index (χ1v) is 12.3. The van der Waals surface area contributed by atoms with Crippen molar-refractivity contribution in [1.29, 1.82) is 0 Å². The highest BCUT2D eigenvalue weighted by Gasteiger charge is 2.52. The Labute approximate surface area is 190 Å². The fraction of sp³-hybridized carbons (Fsp3) is 0.519. The summed E-state index contributed by atoms with van der Waals surface area (Å²) in [6.45, 7) is 1.78. The van der Waals surface area contributed by atoms with Gasteiger partial charge in [0.1, 0.15) is 5.75 Å². The average Bonchev–Trinajstić information content (AvgIpc) is 3.40. The van der Waals surface area contributed by atoms with Crippen LogP contribution in [0.4, 0.5) is 0 Å². The van der Waals surface area contributed by atoms with Gasteiger partial charge in [0.25, 0.3) is 5.91 Å². The van der Waals surface area contributed by atoms with Crippen LogP contribution in [0.5, 0.6) is 5.75 Å². The van der Waals surface area contributed by atoms with Crippen LogP contribution in [0.15, 0.2) is 48.5 Å². The second-order valence-electron chi connectivity index (χ2n) is 9.92. The monoisotopic (exact) mass is 431 g/mol. The second-order valence-corrected chi connectivity index (χ2v) is 9.92. The molecule has 4 bridgehead atoms. The number of rotatable bonds is 5. The van der Waals surface area contributed by atoms with Gasteiger partial charge in [-0.25, -0.2) is 0 Å². The van der Waals surface area contributed by atoms with E-state index in [0.29, 0.717) is 24.2 Å². The highest BCUT2D eigenvalue weighted by molar-refractivity contribution is 5.94. The quantitative estimate of drug-likeness (QED) is 0.778. The molecule has 0 aromatic heterocycles. The molecule has 6 heterocycles. The van der Waals surface area contributed by atoms with Crippen molar-refractivity contribution >= 4 is 5.91 Å². The van der Waals surface area contributed by atoms with E-state index in [-0.39, 0.29) is 11.9 Å². The van der Waals surface area contributed by atoms with Gasteiger partial charge in [0.2, 0.25) is 0 Å². The van der Waals surface area contributed by atoms with Crippen LogP contribution in [0.1, 0.15) is 66.1 Å². The van der Waals surface area contributed by atoms with E-state index in [1.807, 2.05) is 23.1 Å².